The summed E-state index contributed by atoms with van der Waals surface area (Å²) in [5, 5.41) is 9.56. The Morgan fingerprint density at radius 2 is 2.10 bits per heavy atom. The summed E-state index contributed by atoms with van der Waals surface area (Å²) in [6, 6.07) is 3.11. The minimum Gasteiger partial charge on any atom is -0.508 e. The molecular weight excluding hydrogens is 330 g/mol. The zero-order valence-corrected chi connectivity index (χ0v) is 9.24. The van der Waals surface area contributed by atoms with Gasteiger partial charge in [-0.05, 0) is 50.7 Å². The van der Waals surface area contributed by atoms with Crippen LogP contribution in [0.2, 0.25) is 5.02 Å². The monoisotopic (exact) mass is 332 g/mol. The van der Waals surface area contributed by atoms with Crippen molar-refractivity contribution < 1.29 is 5.11 Å². The number of hydrogen-bond acceptors (Lipinski definition) is 1. The van der Waals surface area contributed by atoms with Gasteiger partial charge >= 0.3 is 0 Å². The molecule has 0 bridgehead atoms. The molecule has 0 aliphatic rings. The average Bonchev–Trinajstić information content (AvgIpc) is 1.82. The maximum Gasteiger partial charge on any atom is 0.118 e. The second-order valence-corrected chi connectivity index (χ2v) is 4.06. The van der Waals surface area contributed by atoms with Crippen LogP contribution < -0.4 is 0 Å². The molecular formula is C6H3BrClIO. The Hall–Kier alpha value is 0.520. The van der Waals surface area contributed by atoms with E-state index in [-0.39, 0.29) is 5.75 Å². The first kappa shape index (κ1) is 8.62. The maximum atomic E-state index is 9.00. The topological polar surface area (TPSA) is 20.2 Å². The molecule has 0 saturated heterocycles. The summed E-state index contributed by atoms with van der Waals surface area (Å²) in [6.45, 7) is 0. The minimum absolute atomic E-state index is 0.178. The molecule has 1 N–H and O–H groups in total. The highest BCUT2D eigenvalue weighted by atomic mass is 127. The van der Waals surface area contributed by atoms with Crippen molar-refractivity contribution in [2.24, 2.45) is 0 Å². The quantitative estimate of drug-likeness (QED) is 0.570. The molecule has 0 aromatic heterocycles. The normalized spacial score (nSPS) is 9.90. The van der Waals surface area contributed by atoms with E-state index in [1.165, 1.54) is 6.07 Å². The standard InChI is InChI=1S/C6H3BrClIO/c7-4-1-3(10)2-5(8)6(4)9/h1-2,10H. The second kappa shape index (κ2) is 3.28. The van der Waals surface area contributed by atoms with Gasteiger partial charge in [0.15, 0.2) is 0 Å². The summed E-state index contributed by atoms with van der Waals surface area (Å²) in [5.74, 6) is 0.178. The van der Waals surface area contributed by atoms with Gasteiger partial charge in [0.25, 0.3) is 0 Å². The molecule has 4 heteroatoms. The first-order valence-corrected chi connectivity index (χ1v) is 4.69. The predicted molar refractivity (Wildman–Crippen MR) is 53.5 cm³/mol. The molecule has 0 aliphatic carbocycles. The molecule has 0 heterocycles. The van der Waals surface area contributed by atoms with Crippen LogP contribution in [-0.4, -0.2) is 5.11 Å². The highest BCUT2D eigenvalue weighted by molar-refractivity contribution is 14.1. The molecule has 1 nitrogen and oxygen atoms in total. The number of rotatable bonds is 0. The minimum atomic E-state index is 0.178. The molecule has 0 radical (unpaired) electrons. The van der Waals surface area contributed by atoms with Crippen molar-refractivity contribution in [2.75, 3.05) is 0 Å². The van der Waals surface area contributed by atoms with E-state index >= 15 is 0 Å². The fourth-order valence-corrected chi connectivity index (χ4v) is 1.63. The van der Waals surface area contributed by atoms with Gasteiger partial charge < -0.3 is 5.11 Å². The van der Waals surface area contributed by atoms with Crippen molar-refractivity contribution in [3.05, 3.63) is 25.2 Å². The van der Waals surface area contributed by atoms with Gasteiger partial charge in [-0.1, -0.05) is 11.6 Å². The van der Waals surface area contributed by atoms with Crippen LogP contribution >= 0.6 is 50.1 Å². The van der Waals surface area contributed by atoms with Crippen LogP contribution in [0, 0.1) is 3.57 Å². The van der Waals surface area contributed by atoms with Crippen LogP contribution in [0.1, 0.15) is 0 Å². The molecule has 0 unspecified atom stereocenters. The Morgan fingerprint density at radius 1 is 1.50 bits per heavy atom. The predicted octanol–water partition coefficient (Wildman–Crippen LogP) is 3.41. The van der Waals surface area contributed by atoms with Crippen molar-refractivity contribution in [3.8, 4) is 5.75 Å². The van der Waals surface area contributed by atoms with Gasteiger partial charge in [0.05, 0.1) is 5.02 Å². The molecule has 1 aromatic rings. The number of aromatic hydroxyl groups is 1. The van der Waals surface area contributed by atoms with Crippen LogP contribution in [-0.2, 0) is 0 Å². The summed E-state index contributed by atoms with van der Waals surface area (Å²) in [7, 11) is 0. The molecule has 0 saturated carbocycles. The highest BCUT2D eigenvalue weighted by Crippen LogP contribution is 2.30. The number of halogens is 3. The summed E-state index contributed by atoms with van der Waals surface area (Å²) in [5.41, 5.74) is 0. The summed E-state index contributed by atoms with van der Waals surface area (Å²) in [6.07, 6.45) is 0. The average molecular weight is 333 g/mol. The van der Waals surface area contributed by atoms with Gasteiger partial charge in [0.2, 0.25) is 0 Å². The van der Waals surface area contributed by atoms with Crippen LogP contribution in [0.15, 0.2) is 16.6 Å². The van der Waals surface area contributed by atoms with E-state index < -0.39 is 0 Å². The van der Waals surface area contributed by atoms with E-state index in [1.807, 2.05) is 0 Å². The third kappa shape index (κ3) is 1.77. The maximum absolute atomic E-state index is 9.00. The lowest BCUT2D eigenvalue weighted by atomic mass is 10.3. The van der Waals surface area contributed by atoms with Crippen LogP contribution in [0.3, 0.4) is 0 Å². The number of phenolic OH excluding ortho intramolecular Hbond substituents is 1. The van der Waals surface area contributed by atoms with Crippen LogP contribution in [0.5, 0.6) is 5.75 Å². The van der Waals surface area contributed by atoms with Gasteiger partial charge in [0.1, 0.15) is 5.75 Å². The van der Waals surface area contributed by atoms with Crippen molar-refractivity contribution in [1.29, 1.82) is 0 Å². The van der Waals surface area contributed by atoms with E-state index in [1.54, 1.807) is 6.07 Å². The SMILES string of the molecule is Oc1cc(Cl)c(I)c(Br)c1. The molecule has 0 aliphatic heterocycles. The van der Waals surface area contributed by atoms with Crippen LogP contribution in [0.4, 0.5) is 0 Å². The fourth-order valence-electron chi connectivity index (χ4n) is 0.542. The Morgan fingerprint density at radius 3 is 2.60 bits per heavy atom. The van der Waals surface area contributed by atoms with Crippen molar-refractivity contribution in [1.82, 2.24) is 0 Å². The molecule has 1 aromatic carbocycles. The molecule has 0 fully saturated rings. The van der Waals surface area contributed by atoms with E-state index in [2.05, 4.69) is 38.5 Å². The lowest BCUT2D eigenvalue weighted by Gasteiger charge is -1.99. The highest BCUT2D eigenvalue weighted by Gasteiger charge is 2.02. The first-order valence-electron chi connectivity index (χ1n) is 2.45. The molecule has 10 heavy (non-hydrogen) atoms. The largest absolute Gasteiger partial charge is 0.508 e. The van der Waals surface area contributed by atoms with Crippen molar-refractivity contribution >= 4 is 50.1 Å². The van der Waals surface area contributed by atoms with E-state index in [9.17, 15) is 0 Å². The van der Waals surface area contributed by atoms with Gasteiger partial charge in [-0.2, -0.15) is 0 Å². The molecule has 0 amide bonds. The summed E-state index contributed by atoms with van der Waals surface area (Å²) >= 11 is 11.1. The Labute approximate surface area is 85.7 Å². The van der Waals surface area contributed by atoms with E-state index in [0.717, 1.165) is 8.04 Å². The van der Waals surface area contributed by atoms with E-state index in [4.69, 9.17) is 16.7 Å². The number of hydrogen-bond donors (Lipinski definition) is 1. The van der Waals surface area contributed by atoms with Crippen molar-refractivity contribution in [3.63, 3.8) is 0 Å². The second-order valence-electron chi connectivity index (χ2n) is 1.72. The third-order valence-corrected chi connectivity index (χ3v) is 4.11. The summed E-state index contributed by atoms with van der Waals surface area (Å²) < 4.78 is 1.73. The number of phenols is 1. The third-order valence-electron chi connectivity index (χ3n) is 0.969. The van der Waals surface area contributed by atoms with Gasteiger partial charge in [0, 0.05) is 8.04 Å². The summed E-state index contributed by atoms with van der Waals surface area (Å²) in [4.78, 5) is 0. The van der Waals surface area contributed by atoms with Crippen LogP contribution in [0.25, 0.3) is 0 Å². The van der Waals surface area contributed by atoms with Crippen molar-refractivity contribution in [2.45, 2.75) is 0 Å². The zero-order chi connectivity index (χ0) is 7.72. The van der Waals surface area contributed by atoms with Gasteiger partial charge in [-0.3, -0.25) is 0 Å². The molecule has 1 rings (SSSR count). The Balaban J connectivity index is 3.31. The lowest BCUT2D eigenvalue weighted by molar-refractivity contribution is 0.475. The van der Waals surface area contributed by atoms with Gasteiger partial charge in [-0.15, -0.1) is 0 Å². The molecule has 54 valence electrons. The zero-order valence-electron chi connectivity index (χ0n) is 4.74. The number of benzene rings is 1. The Kier molecular flexibility index (Phi) is 2.82. The van der Waals surface area contributed by atoms with E-state index in [0.29, 0.717) is 5.02 Å². The molecule has 0 atom stereocenters. The molecule has 0 spiro atoms. The first-order chi connectivity index (χ1) is 4.61. The smallest absolute Gasteiger partial charge is 0.118 e. The van der Waals surface area contributed by atoms with Gasteiger partial charge in [-0.25, -0.2) is 0 Å². The fraction of sp³-hybridized carbons (Fsp3) is 0. The lowest BCUT2D eigenvalue weighted by Crippen LogP contribution is -1.75. The Bertz CT molecular complexity index is 241.